The highest BCUT2D eigenvalue weighted by molar-refractivity contribution is 5.91. The number of hydrogen-bond acceptors (Lipinski definition) is 13. The lowest BCUT2D eigenvalue weighted by molar-refractivity contribution is -0.311. The third kappa shape index (κ3) is 7.68. The number of azide groups is 3. The average molecular weight is 623 g/mol. The van der Waals surface area contributed by atoms with Crippen LogP contribution >= 0.6 is 0 Å². The number of amides is 1. The Labute approximate surface area is 250 Å². The summed E-state index contributed by atoms with van der Waals surface area (Å²) in [7, 11) is 1.39. The number of hydrogen-bond donors (Lipinski definition) is 2. The third-order valence-corrected chi connectivity index (χ3v) is 7.52. The van der Waals surface area contributed by atoms with Gasteiger partial charge in [0.1, 0.15) is 23.8 Å². The fraction of sp³-hybridized carbons (Fsp3) is 0.792. The van der Waals surface area contributed by atoms with E-state index in [1.165, 1.54) is 33.9 Å². The van der Waals surface area contributed by atoms with Crippen LogP contribution in [0.5, 0.6) is 0 Å². The maximum absolute atomic E-state index is 12.3. The highest BCUT2D eigenvalue weighted by Gasteiger charge is 2.55. The Morgan fingerprint density at radius 2 is 1.52 bits per heavy atom. The number of nitrogens with zero attached hydrogens (tertiary/aromatic N) is 10. The highest BCUT2D eigenvalue weighted by Crippen LogP contribution is 2.37. The molecule has 0 unspecified atom stereocenters. The molecule has 0 aromatic rings. The number of aliphatic hydroxyl groups is 2. The van der Waals surface area contributed by atoms with Crippen LogP contribution in [0.1, 0.15) is 40.5 Å². The molecule has 1 saturated carbocycles. The quantitative estimate of drug-likeness (QED) is 0.154. The Bertz CT molecular complexity index is 1290. The van der Waals surface area contributed by atoms with Crippen LogP contribution in [0.15, 0.2) is 27.2 Å². The Morgan fingerprint density at radius 3 is 2.02 bits per heavy atom. The molecule has 2 heterocycles. The minimum absolute atomic E-state index is 0.0604. The summed E-state index contributed by atoms with van der Waals surface area (Å²) in [6, 6.07) is -4.50. The summed E-state index contributed by atoms with van der Waals surface area (Å²) in [6.45, 7) is 4.59. The minimum atomic E-state index is -1.75. The summed E-state index contributed by atoms with van der Waals surface area (Å²) in [5.74, 6) is -1.77. The van der Waals surface area contributed by atoms with E-state index in [-0.39, 0.29) is 18.6 Å². The maximum Gasteiger partial charge on any atom is 0.303 e. The number of ketones is 1. The summed E-state index contributed by atoms with van der Waals surface area (Å²) in [5, 5.41) is 33.7. The highest BCUT2D eigenvalue weighted by atomic mass is 16.7. The van der Waals surface area contributed by atoms with Gasteiger partial charge >= 0.3 is 5.97 Å². The number of ether oxygens (including phenoxy) is 5. The van der Waals surface area contributed by atoms with Gasteiger partial charge in [0.15, 0.2) is 23.9 Å². The lowest BCUT2D eigenvalue weighted by Crippen LogP contribution is -2.69. The molecule has 2 N–H and O–H groups in total. The van der Waals surface area contributed by atoms with Crippen molar-refractivity contribution in [1.82, 2.24) is 4.90 Å². The van der Waals surface area contributed by atoms with E-state index in [4.69, 9.17) is 29.2 Å². The zero-order chi connectivity index (χ0) is 32.8. The number of aliphatic hydroxyl groups excluding tert-OH is 1. The number of Topliss-reactive ketones (excluding diaryl/α,β-unsaturated/α-hetero) is 1. The summed E-state index contributed by atoms with van der Waals surface area (Å²) in [5.41, 5.74) is 25.8. The molecule has 20 nitrogen and oxygen atoms in total. The van der Waals surface area contributed by atoms with Crippen molar-refractivity contribution < 1.29 is 48.3 Å². The Hall–Kier alpha value is -4.12. The molecule has 0 aromatic heterocycles. The first-order valence-electron chi connectivity index (χ1n) is 13.5. The zero-order valence-electron chi connectivity index (χ0n) is 24.6. The molecule has 0 bridgehead atoms. The largest absolute Gasteiger partial charge is 0.461 e. The monoisotopic (exact) mass is 622 g/mol. The van der Waals surface area contributed by atoms with Crippen LogP contribution in [0, 0.1) is 0 Å². The zero-order valence-corrected chi connectivity index (χ0v) is 24.6. The van der Waals surface area contributed by atoms with Crippen LogP contribution in [-0.2, 0) is 38.1 Å². The van der Waals surface area contributed by atoms with E-state index in [0.29, 0.717) is 0 Å². The van der Waals surface area contributed by atoms with Crippen LogP contribution in [0.2, 0.25) is 0 Å². The minimum Gasteiger partial charge on any atom is -0.461 e. The van der Waals surface area contributed by atoms with E-state index in [9.17, 15) is 35.7 Å². The number of rotatable bonds is 10. The van der Waals surface area contributed by atoms with Crippen molar-refractivity contribution in [1.29, 1.82) is 0 Å². The van der Waals surface area contributed by atoms with Crippen molar-refractivity contribution in [2.24, 2.45) is 15.3 Å². The second-order valence-corrected chi connectivity index (χ2v) is 10.8. The number of allylic oxidation sites excluding steroid dienone is 1. The fourth-order valence-corrected chi connectivity index (χ4v) is 5.47. The fourth-order valence-electron chi connectivity index (χ4n) is 5.47. The molecule has 1 amide bonds. The molecular formula is C24H34N10O10. The number of likely N-dealkylation sites (N-methyl/N-ethyl adjacent to an activating group) is 1. The van der Waals surface area contributed by atoms with Gasteiger partial charge < -0.3 is 38.8 Å². The summed E-state index contributed by atoms with van der Waals surface area (Å²) in [4.78, 5) is 45.9. The first-order chi connectivity index (χ1) is 20.7. The second-order valence-electron chi connectivity index (χ2n) is 10.8. The van der Waals surface area contributed by atoms with Gasteiger partial charge in [-0.15, -0.1) is 0 Å². The summed E-state index contributed by atoms with van der Waals surface area (Å²) in [6.07, 6.45) is -7.69. The molecule has 44 heavy (non-hydrogen) atoms. The molecule has 240 valence electrons. The first-order valence-corrected chi connectivity index (χ1v) is 13.5. The normalized spacial score (nSPS) is 36.6. The van der Waals surface area contributed by atoms with Crippen molar-refractivity contribution in [3.8, 4) is 0 Å². The molecule has 2 aliphatic heterocycles. The van der Waals surface area contributed by atoms with Gasteiger partial charge in [-0.25, -0.2) is 0 Å². The van der Waals surface area contributed by atoms with Gasteiger partial charge in [0.2, 0.25) is 12.2 Å². The predicted molar refractivity (Wildman–Crippen MR) is 146 cm³/mol. The van der Waals surface area contributed by atoms with Crippen LogP contribution in [0.3, 0.4) is 0 Å². The first kappa shape index (κ1) is 34.4. The van der Waals surface area contributed by atoms with Crippen molar-refractivity contribution in [2.45, 2.75) is 107 Å². The van der Waals surface area contributed by atoms with Crippen molar-refractivity contribution in [3.05, 3.63) is 43.2 Å². The van der Waals surface area contributed by atoms with Gasteiger partial charge in [0.05, 0.1) is 30.9 Å². The Balaban J connectivity index is 2.00. The predicted octanol–water partition coefficient (Wildman–Crippen LogP) is 1.66. The van der Waals surface area contributed by atoms with Crippen molar-refractivity contribution in [3.63, 3.8) is 0 Å². The Kier molecular flexibility index (Phi) is 11.4. The average Bonchev–Trinajstić information content (AvgIpc) is 2.94. The molecule has 0 radical (unpaired) electrons. The topological polar surface area (TPSA) is 287 Å². The van der Waals surface area contributed by atoms with E-state index in [0.717, 1.165) is 11.8 Å². The van der Waals surface area contributed by atoms with E-state index < -0.39 is 91.0 Å². The van der Waals surface area contributed by atoms with Gasteiger partial charge in [-0.1, -0.05) is 15.3 Å². The Morgan fingerprint density at radius 1 is 0.977 bits per heavy atom. The van der Waals surface area contributed by atoms with Crippen LogP contribution in [0.25, 0.3) is 31.3 Å². The lowest BCUT2D eigenvalue weighted by atomic mass is 9.83. The number of carbonyl (C=O) groups is 3. The molecular weight excluding hydrogens is 588 g/mol. The van der Waals surface area contributed by atoms with E-state index in [2.05, 4.69) is 30.1 Å². The van der Waals surface area contributed by atoms with E-state index in [1.807, 2.05) is 0 Å². The number of carbonyl (C=O) groups excluding carboxylic acids is 3. The maximum atomic E-state index is 12.3. The molecule has 0 spiro atoms. The van der Waals surface area contributed by atoms with Gasteiger partial charge in [0.25, 0.3) is 0 Å². The van der Waals surface area contributed by atoms with Gasteiger partial charge in [-0.3, -0.25) is 14.4 Å². The van der Waals surface area contributed by atoms with Gasteiger partial charge in [-0.2, -0.15) is 0 Å². The lowest BCUT2D eigenvalue weighted by Gasteiger charge is -2.50. The van der Waals surface area contributed by atoms with Crippen molar-refractivity contribution in [2.75, 3.05) is 13.7 Å². The third-order valence-electron chi connectivity index (χ3n) is 7.52. The number of esters is 1. The molecule has 0 aromatic carbocycles. The standard InChI is InChI=1S/C24H34N10O10/c1-10(35)16-7-6-13(28-31-25)22(42-16)43-18-14(29-32-26)8-15(30-33-27)19(17(18)38)44-23-20(41-12(3)37)21(34(5)11(2)36)24(4,39)9-40-23/h7,13-15,17-23,38-39H,6,8-9H2,1-5H3/t13-,14+,15-,17+,18-,19+,20-,21-,22-,23-,24+/m1/s1. The molecule has 3 rings (SSSR count). The summed E-state index contributed by atoms with van der Waals surface area (Å²) < 4.78 is 28.8. The molecule has 1 aliphatic carbocycles. The summed E-state index contributed by atoms with van der Waals surface area (Å²) >= 11 is 0. The van der Waals surface area contributed by atoms with E-state index >= 15 is 0 Å². The van der Waals surface area contributed by atoms with E-state index in [1.54, 1.807) is 0 Å². The smallest absolute Gasteiger partial charge is 0.303 e. The second kappa shape index (κ2) is 14.6. The van der Waals surface area contributed by atoms with Crippen molar-refractivity contribution >= 4 is 17.7 Å². The molecule has 11 atom stereocenters. The molecule has 3 aliphatic rings. The van der Waals surface area contributed by atoms with Crippen LogP contribution in [-0.4, -0.2) is 113 Å². The van der Waals surface area contributed by atoms with Gasteiger partial charge in [0, 0.05) is 42.6 Å². The molecule has 2 fully saturated rings. The van der Waals surface area contributed by atoms with Gasteiger partial charge in [-0.05, 0) is 42.4 Å². The SMILES string of the molecule is CC(=O)O[C@H]1[C@@H](O[C@@H]2[C@@H](O)[C@H](O[C@H]3OC(C(C)=O)=CC[C@H]3N=[N+]=[N-])[C@@H](N=[N+]=[N-])C[C@H]2N=[N+]=[N-])OC[C@](C)(O)[C@@H]1N(C)C(C)=O. The van der Waals surface area contributed by atoms with Crippen LogP contribution < -0.4 is 0 Å². The molecule has 1 saturated heterocycles. The molecule has 20 heteroatoms. The van der Waals surface area contributed by atoms with Crippen LogP contribution in [0.4, 0.5) is 0 Å².